The number of hydrazine groups is 1. The van der Waals surface area contributed by atoms with E-state index in [0.29, 0.717) is 11.0 Å². The second kappa shape index (κ2) is 7.36. The van der Waals surface area contributed by atoms with Crippen LogP contribution in [0.25, 0.3) is 21.9 Å². The lowest BCUT2D eigenvalue weighted by Gasteiger charge is -2.10. The zero-order valence-corrected chi connectivity index (χ0v) is 14.8. The lowest BCUT2D eigenvalue weighted by Crippen LogP contribution is -2.44. The molecule has 0 aliphatic rings. The number of fused-ring (bicyclic) bond motifs is 2. The minimum Gasteiger partial charge on any atom is -0.361 e. The van der Waals surface area contributed by atoms with Gasteiger partial charge in [0.1, 0.15) is 6.54 Å². The Labute approximate surface area is 159 Å². The quantitative estimate of drug-likeness (QED) is 0.467. The molecule has 0 aliphatic heterocycles. The van der Waals surface area contributed by atoms with Gasteiger partial charge in [0, 0.05) is 17.1 Å². The number of rotatable bonds is 4. The van der Waals surface area contributed by atoms with Crippen LogP contribution in [0.5, 0.6) is 0 Å². The number of hydrogen-bond acceptors (Lipinski definition) is 4. The molecule has 0 saturated carbocycles. The molecule has 28 heavy (non-hydrogen) atoms. The van der Waals surface area contributed by atoms with Gasteiger partial charge in [-0.3, -0.25) is 29.8 Å². The van der Waals surface area contributed by atoms with E-state index < -0.39 is 5.91 Å². The standard InChI is InChI=1S/C20H17N5O3/c26-18(9-13-10-21-15-6-2-1-5-14(13)15)23-24-19(27)12-25-17-8-4-3-7-16(17)22-11-20(25)28/h1-8,10-11,21H,9,12H2,(H,23,26)(H,24,27). The highest BCUT2D eigenvalue weighted by molar-refractivity contribution is 5.90. The molecule has 0 fully saturated rings. The fraction of sp³-hybridized carbons (Fsp3) is 0.100. The third-order valence-electron chi connectivity index (χ3n) is 4.42. The molecule has 0 atom stereocenters. The number of nitrogens with one attached hydrogen (secondary N) is 3. The first-order valence-corrected chi connectivity index (χ1v) is 8.69. The van der Waals surface area contributed by atoms with E-state index in [4.69, 9.17) is 0 Å². The van der Waals surface area contributed by atoms with Crippen LogP contribution in [0.4, 0.5) is 0 Å². The molecule has 3 N–H and O–H groups in total. The van der Waals surface area contributed by atoms with Crippen LogP contribution in [0.2, 0.25) is 0 Å². The SMILES string of the molecule is O=C(Cc1c[nH]c2ccccc12)NNC(=O)Cn1c(=O)cnc2ccccc21. The summed E-state index contributed by atoms with van der Waals surface area (Å²) < 4.78 is 1.31. The maximum Gasteiger partial charge on any atom is 0.269 e. The molecule has 0 unspecified atom stereocenters. The molecule has 2 heterocycles. The van der Waals surface area contributed by atoms with Crippen LogP contribution in [0.15, 0.2) is 65.7 Å². The van der Waals surface area contributed by atoms with E-state index in [-0.39, 0.29) is 24.4 Å². The molecule has 0 bridgehead atoms. The van der Waals surface area contributed by atoms with Crippen molar-refractivity contribution in [2.75, 3.05) is 0 Å². The molecular formula is C20H17N5O3. The Kier molecular flexibility index (Phi) is 4.59. The average molecular weight is 375 g/mol. The fourth-order valence-corrected chi connectivity index (χ4v) is 3.10. The van der Waals surface area contributed by atoms with E-state index in [9.17, 15) is 14.4 Å². The minimum atomic E-state index is -0.509. The van der Waals surface area contributed by atoms with Crippen molar-refractivity contribution in [1.82, 2.24) is 25.4 Å². The van der Waals surface area contributed by atoms with Gasteiger partial charge in [-0.25, -0.2) is 4.98 Å². The summed E-state index contributed by atoms with van der Waals surface area (Å²) in [6.45, 7) is -0.227. The van der Waals surface area contributed by atoms with Gasteiger partial charge in [-0.1, -0.05) is 30.3 Å². The Bertz CT molecular complexity index is 1240. The van der Waals surface area contributed by atoms with E-state index in [1.807, 2.05) is 24.3 Å². The van der Waals surface area contributed by atoms with Gasteiger partial charge in [0.05, 0.1) is 23.7 Å². The van der Waals surface area contributed by atoms with Gasteiger partial charge in [0.15, 0.2) is 0 Å². The van der Waals surface area contributed by atoms with Crippen molar-refractivity contribution in [3.63, 3.8) is 0 Å². The van der Waals surface area contributed by atoms with Crippen LogP contribution in [-0.2, 0) is 22.6 Å². The smallest absolute Gasteiger partial charge is 0.269 e. The van der Waals surface area contributed by atoms with Crippen molar-refractivity contribution in [3.8, 4) is 0 Å². The van der Waals surface area contributed by atoms with Crippen LogP contribution in [0.3, 0.4) is 0 Å². The predicted octanol–water partition coefficient (Wildman–Crippen LogP) is 1.27. The largest absolute Gasteiger partial charge is 0.361 e. The number of H-pyrrole nitrogens is 1. The first-order valence-electron chi connectivity index (χ1n) is 8.69. The highest BCUT2D eigenvalue weighted by Gasteiger charge is 2.11. The summed E-state index contributed by atoms with van der Waals surface area (Å²) in [6, 6.07) is 14.7. The third-order valence-corrected chi connectivity index (χ3v) is 4.42. The van der Waals surface area contributed by atoms with E-state index in [1.165, 1.54) is 10.8 Å². The topological polar surface area (TPSA) is 109 Å². The maximum absolute atomic E-state index is 12.2. The molecule has 2 amide bonds. The van der Waals surface area contributed by atoms with E-state index in [1.54, 1.807) is 30.5 Å². The monoisotopic (exact) mass is 375 g/mol. The van der Waals surface area contributed by atoms with Gasteiger partial charge in [-0.05, 0) is 23.8 Å². The summed E-state index contributed by atoms with van der Waals surface area (Å²) in [7, 11) is 0. The molecule has 4 rings (SSSR count). The highest BCUT2D eigenvalue weighted by atomic mass is 16.2. The lowest BCUT2D eigenvalue weighted by atomic mass is 10.1. The van der Waals surface area contributed by atoms with Crippen molar-refractivity contribution in [2.45, 2.75) is 13.0 Å². The Balaban J connectivity index is 1.40. The van der Waals surface area contributed by atoms with Crippen LogP contribution in [-0.4, -0.2) is 26.3 Å². The predicted molar refractivity (Wildman–Crippen MR) is 104 cm³/mol. The lowest BCUT2D eigenvalue weighted by molar-refractivity contribution is -0.128. The third kappa shape index (κ3) is 3.48. The summed E-state index contributed by atoms with van der Waals surface area (Å²) in [5.41, 5.74) is 7.29. The van der Waals surface area contributed by atoms with Gasteiger partial charge in [0.2, 0.25) is 5.91 Å². The zero-order chi connectivity index (χ0) is 19.5. The number of amides is 2. The van der Waals surface area contributed by atoms with Crippen molar-refractivity contribution in [2.24, 2.45) is 0 Å². The normalized spacial score (nSPS) is 10.9. The Morgan fingerprint density at radius 1 is 1.00 bits per heavy atom. The molecule has 0 spiro atoms. The summed E-state index contributed by atoms with van der Waals surface area (Å²) in [5.74, 6) is -0.865. The molecule has 140 valence electrons. The number of aromatic amines is 1. The van der Waals surface area contributed by atoms with E-state index in [2.05, 4.69) is 20.8 Å². The maximum atomic E-state index is 12.2. The molecule has 8 heteroatoms. The molecular weight excluding hydrogens is 358 g/mol. The molecule has 0 radical (unpaired) electrons. The van der Waals surface area contributed by atoms with Crippen LogP contribution in [0, 0.1) is 0 Å². The average Bonchev–Trinajstić information content (AvgIpc) is 3.11. The minimum absolute atomic E-state index is 0.114. The molecule has 0 saturated heterocycles. The fourth-order valence-electron chi connectivity index (χ4n) is 3.10. The van der Waals surface area contributed by atoms with Gasteiger partial charge >= 0.3 is 0 Å². The van der Waals surface area contributed by atoms with Gasteiger partial charge < -0.3 is 4.98 Å². The summed E-state index contributed by atoms with van der Waals surface area (Å²) in [6.07, 6.45) is 3.06. The van der Waals surface area contributed by atoms with Gasteiger partial charge in [-0.15, -0.1) is 0 Å². The Hall–Kier alpha value is -3.94. The molecule has 4 aromatic rings. The first kappa shape index (κ1) is 17.5. The number of hydrogen-bond donors (Lipinski definition) is 3. The van der Waals surface area contributed by atoms with E-state index in [0.717, 1.165) is 16.5 Å². The molecule has 2 aromatic heterocycles. The Morgan fingerprint density at radius 3 is 2.64 bits per heavy atom. The highest BCUT2D eigenvalue weighted by Crippen LogP contribution is 2.17. The van der Waals surface area contributed by atoms with Crippen molar-refractivity contribution < 1.29 is 9.59 Å². The van der Waals surface area contributed by atoms with Crippen LogP contribution in [0.1, 0.15) is 5.56 Å². The summed E-state index contributed by atoms with van der Waals surface area (Å²) in [5, 5.41) is 0.957. The van der Waals surface area contributed by atoms with Crippen molar-refractivity contribution in [3.05, 3.63) is 76.8 Å². The van der Waals surface area contributed by atoms with Crippen molar-refractivity contribution >= 4 is 33.8 Å². The molecule has 0 aliphatic carbocycles. The van der Waals surface area contributed by atoms with Gasteiger partial charge in [-0.2, -0.15) is 0 Å². The Morgan fingerprint density at radius 2 is 1.75 bits per heavy atom. The number of nitrogens with zero attached hydrogens (tertiary/aromatic N) is 2. The second-order valence-electron chi connectivity index (χ2n) is 6.30. The number of benzene rings is 2. The summed E-state index contributed by atoms with van der Waals surface area (Å²) in [4.78, 5) is 43.6. The number of aromatic nitrogens is 3. The summed E-state index contributed by atoms with van der Waals surface area (Å²) >= 11 is 0. The van der Waals surface area contributed by atoms with Crippen molar-refractivity contribution in [1.29, 1.82) is 0 Å². The molecule has 8 nitrogen and oxygen atoms in total. The number of carbonyl (C=O) groups is 2. The number of carbonyl (C=O) groups excluding carboxylic acids is 2. The van der Waals surface area contributed by atoms with E-state index >= 15 is 0 Å². The van der Waals surface area contributed by atoms with Crippen LogP contribution < -0.4 is 16.4 Å². The second-order valence-corrected chi connectivity index (χ2v) is 6.30. The zero-order valence-electron chi connectivity index (χ0n) is 14.8. The number of para-hydroxylation sites is 3. The van der Waals surface area contributed by atoms with Gasteiger partial charge in [0.25, 0.3) is 11.5 Å². The van der Waals surface area contributed by atoms with Crippen LogP contribution >= 0.6 is 0 Å². The first-order chi connectivity index (χ1) is 13.6. The molecule has 2 aromatic carbocycles.